The van der Waals surface area contributed by atoms with Crippen LogP contribution in [0.1, 0.15) is 11.9 Å². The predicted molar refractivity (Wildman–Crippen MR) is 88.9 cm³/mol. The SMILES string of the molecule is COc1cc(OC)c2c(-c3ccccc3)c(C(O)C(N)=O)oc2c1. The topological polar surface area (TPSA) is 94.9 Å². The molecular weight excluding hydrogens is 310 g/mol. The number of methoxy groups -OCH3 is 2. The molecule has 24 heavy (non-hydrogen) atoms. The summed E-state index contributed by atoms with van der Waals surface area (Å²) >= 11 is 0. The van der Waals surface area contributed by atoms with Gasteiger partial charge >= 0.3 is 0 Å². The maximum absolute atomic E-state index is 11.5. The number of rotatable bonds is 5. The molecule has 0 saturated carbocycles. The molecule has 124 valence electrons. The fourth-order valence-corrected chi connectivity index (χ4v) is 2.68. The Morgan fingerprint density at radius 2 is 1.88 bits per heavy atom. The zero-order chi connectivity index (χ0) is 17.3. The predicted octanol–water partition coefficient (Wildman–Crippen LogP) is 2.64. The van der Waals surface area contributed by atoms with Crippen molar-refractivity contribution in [2.45, 2.75) is 6.10 Å². The van der Waals surface area contributed by atoms with Crippen LogP contribution in [0.5, 0.6) is 11.5 Å². The maximum atomic E-state index is 11.5. The first-order chi connectivity index (χ1) is 11.6. The second-order valence-corrected chi connectivity index (χ2v) is 5.22. The molecule has 0 fully saturated rings. The Morgan fingerprint density at radius 3 is 2.46 bits per heavy atom. The third-order valence-corrected chi connectivity index (χ3v) is 3.79. The summed E-state index contributed by atoms with van der Waals surface area (Å²) in [6, 6.07) is 12.7. The molecule has 1 heterocycles. The summed E-state index contributed by atoms with van der Waals surface area (Å²) in [6.45, 7) is 0. The first kappa shape index (κ1) is 15.9. The summed E-state index contributed by atoms with van der Waals surface area (Å²) in [4.78, 5) is 11.5. The minimum Gasteiger partial charge on any atom is -0.496 e. The van der Waals surface area contributed by atoms with Gasteiger partial charge in [-0.1, -0.05) is 30.3 Å². The van der Waals surface area contributed by atoms with Crippen molar-refractivity contribution in [1.29, 1.82) is 0 Å². The lowest BCUT2D eigenvalue weighted by Crippen LogP contribution is -2.20. The molecule has 0 aliphatic heterocycles. The zero-order valence-corrected chi connectivity index (χ0v) is 13.3. The third-order valence-electron chi connectivity index (χ3n) is 3.79. The van der Waals surface area contributed by atoms with E-state index in [1.54, 1.807) is 12.1 Å². The molecule has 3 aromatic rings. The molecule has 3 rings (SSSR count). The van der Waals surface area contributed by atoms with Gasteiger partial charge in [0.15, 0.2) is 11.9 Å². The molecule has 2 aromatic carbocycles. The first-order valence-electron chi connectivity index (χ1n) is 7.28. The number of ether oxygens (including phenoxy) is 2. The standard InChI is InChI=1S/C18H17NO5/c1-22-11-8-12(23-2)15-13(9-11)24-17(16(20)18(19)21)14(15)10-6-4-3-5-7-10/h3-9,16,20H,1-2H3,(H2,19,21). The number of hydrogen-bond donors (Lipinski definition) is 2. The summed E-state index contributed by atoms with van der Waals surface area (Å²) in [7, 11) is 3.06. The number of benzene rings is 2. The molecule has 6 nitrogen and oxygen atoms in total. The van der Waals surface area contributed by atoms with Gasteiger partial charge in [-0.2, -0.15) is 0 Å². The third kappa shape index (κ3) is 2.57. The molecule has 3 N–H and O–H groups in total. The Kier molecular flexibility index (Phi) is 4.14. The van der Waals surface area contributed by atoms with Crippen LogP contribution < -0.4 is 15.2 Å². The van der Waals surface area contributed by atoms with Crippen LogP contribution in [0.25, 0.3) is 22.1 Å². The Labute approximate surface area is 138 Å². The van der Waals surface area contributed by atoms with E-state index in [1.807, 2.05) is 30.3 Å². The van der Waals surface area contributed by atoms with Crippen molar-refractivity contribution in [3.63, 3.8) is 0 Å². The molecule has 0 spiro atoms. The highest BCUT2D eigenvalue weighted by Gasteiger charge is 2.28. The second kappa shape index (κ2) is 6.25. The normalized spacial score (nSPS) is 12.1. The van der Waals surface area contributed by atoms with Gasteiger partial charge in [0.1, 0.15) is 17.1 Å². The Balaban J connectivity index is 2.40. The van der Waals surface area contributed by atoms with Gasteiger partial charge in [-0.15, -0.1) is 0 Å². The van der Waals surface area contributed by atoms with Gasteiger partial charge in [-0.3, -0.25) is 4.79 Å². The minimum atomic E-state index is -1.57. The van der Waals surface area contributed by atoms with Crippen molar-refractivity contribution >= 4 is 16.9 Å². The van der Waals surface area contributed by atoms with Gasteiger partial charge in [-0.25, -0.2) is 0 Å². The minimum absolute atomic E-state index is 0.0789. The summed E-state index contributed by atoms with van der Waals surface area (Å²) < 4.78 is 16.4. The van der Waals surface area contributed by atoms with Gasteiger partial charge in [0, 0.05) is 17.7 Å². The van der Waals surface area contributed by atoms with E-state index in [4.69, 9.17) is 19.6 Å². The molecule has 0 aliphatic rings. The number of hydrogen-bond acceptors (Lipinski definition) is 5. The van der Waals surface area contributed by atoms with E-state index in [1.165, 1.54) is 14.2 Å². The second-order valence-electron chi connectivity index (χ2n) is 5.22. The summed E-state index contributed by atoms with van der Waals surface area (Å²) in [5, 5.41) is 10.8. The first-order valence-corrected chi connectivity index (χ1v) is 7.28. The summed E-state index contributed by atoms with van der Waals surface area (Å²) in [6.07, 6.45) is -1.57. The molecule has 0 saturated heterocycles. The van der Waals surface area contributed by atoms with E-state index in [-0.39, 0.29) is 5.76 Å². The zero-order valence-electron chi connectivity index (χ0n) is 13.3. The van der Waals surface area contributed by atoms with Crippen LogP contribution in [0, 0.1) is 0 Å². The smallest absolute Gasteiger partial charge is 0.254 e. The lowest BCUT2D eigenvalue weighted by atomic mass is 9.99. The maximum Gasteiger partial charge on any atom is 0.254 e. The molecule has 6 heteroatoms. The summed E-state index contributed by atoms with van der Waals surface area (Å²) in [5.74, 6) is 0.232. The van der Waals surface area contributed by atoms with Crippen molar-refractivity contribution in [3.8, 4) is 22.6 Å². The Bertz CT molecular complexity index is 885. The van der Waals surface area contributed by atoms with E-state index in [2.05, 4.69) is 0 Å². The highest BCUT2D eigenvalue weighted by atomic mass is 16.5. The molecule has 1 unspecified atom stereocenters. The number of aliphatic hydroxyl groups excluding tert-OH is 1. The summed E-state index contributed by atoms with van der Waals surface area (Å²) in [5.41, 5.74) is 7.03. The molecule has 1 aromatic heterocycles. The van der Waals surface area contributed by atoms with Gasteiger partial charge in [0.2, 0.25) is 0 Å². The average molecular weight is 327 g/mol. The van der Waals surface area contributed by atoms with Crippen LogP contribution in [0.15, 0.2) is 46.9 Å². The van der Waals surface area contributed by atoms with Crippen LogP contribution in [0.4, 0.5) is 0 Å². The van der Waals surface area contributed by atoms with Crippen LogP contribution in [0.2, 0.25) is 0 Å². The quantitative estimate of drug-likeness (QED) is 0.751. The van der Waals surface area contributed by atoms with Gasteiger partial charge in [0.25, 0.3) is 5.91 Å². The van der Waals surface area contributed by atoms with Gasteiger partial charge in [-0.05, 0) is 5.56 Å². The van der Waals surface area contributed by atoms with Crippen LogP contribution in [-0.2, 0) is 4.79 Å². The Morgan fingerprint density at radius 1 is 1.17 bits per heavy atom. The van der Waals surface area contributed by atoms with Crippen molar-refractivity contribution in [2.75, 3.05) is 14.2 Å². The average Bonchev–Trinajstić information content (AvgIpc) is 2.99. The van der Waals surface area contributed by atoms with Crippen molar-refractivity contribution in [1.82, 2.24) is 0 Å². The van der Waals surface area contributed by atoms with Crippen LogP contribution >= 0.6 is 0 Å². The molecule has 1 amide bonds. The van der Waals surface area contributed by atoms with E-state index in [9.17, 15) is 9.90 Å². The van der Waals surface area contributed by atoms with Crippen molar-refractivity contribution in [2.24, 2.45) is 5.73 Å². The van der Waals surface area contributed by atoms with Crippen molar-refractivity contribution in [3.05, 3.63) is 48.2 Å². The molecule has 1 atom stereocenters. The van der Waals surface area contributed by atoms with E-state index < -0.39 is 12.0 Å². The van der Waals surface area contributed by atoms with E-state index in [0.29, 0.717) is 28.0 Å². The fraction of sp³-hybridized carbons (Fsp3) is 0.167. The number of fused-ring (bicyclic) bond motifs is 1. The van der Waals surface area contributed by atoms with Crippen molar-refractivity contribution < 1.29 is 23.8 Å². The highest BCUT2D eigenvalue weighted by Crippen LogP contribution is 2.44. The fourth-order valence-electron chi connectivity index (χ4n) is 2.68. The highest BCUT2D eigenvalue weighted by molar-refractivity contribution is 6.02. The number of amides is 1. The molecule has 0 aliphatic carbocycles. The largest absolute Gasteiger partial charge is 0.496 e. The van der Waals surface area contributed by atoms with Crippen LogP contribution in [-0.4, -0.2) is 25.2 Å². The molecule has 0 bridgehead atoms. The molecule has 0 radical (unpaired) electrons. The lowest BCUT2D eigenvalue weighted by Gasteiger charge is -2.09. The number of nitrogens with two attached hydrogens (primary N) is 1. The number of carbonyl (C=O) groups excluding carboxylic acids is 1. The Hall–Kier alpha value is -2.99. The van der Waals surface area contributed by atoms with E-state index in [0.717, 1.165) is 5.56 Å². The lowest BCUT2D eigenvalue weighted by molar-refractivity contribution is -0.127. The number of carbonyl (C=O) groups is 1. The number of furan rings is 1. The molecular formula is C18H17NO5. The monoisotopic (exact) mass is 327 g/mol. The van der Waals surface area contributed by atoms with Crippen LogP contribution in [0.3, 0.4) is 0 Å². The van der Waals surface area contributed by atoms with Gasteiger partial charge in [0.05, 0.1) is 19.6 Å². The van der Waals surface area contributed by atoms with Gasteiger partial charge < -0.3 is 24.7 Å². The number of aliphatic hydroxyl groups is 1. The van der Waals surface area contributed by atoms with E-state index >= 15 is 0 Å². The number of primary amides is 1.